The lowest BCUT2D eigenvalue weighted by molar-refractivity contribution is 0.624. The average Bonchev–Trinajstić information content (AvgIpc) is 2.39. The van der Waals surface area contributed by atoms with Crippen LogP contribution in [0.2, 0.25) is 0 Å². The Balaban J connectivity index is 2.31. The van der Waals surface area contributed by atoms with Crippen LogP contribution in [0.25, 0.3) is 0 Å². The summed E-state index contributed by atoms with van der Waals surface area (Å²) in [5.41, 5.74) is 5.04. The van der Waals surface area contributed by atoms with E-state index in [9.17, 15) is 4.39 Å². The Morgan fingerprint density at radius 1 is 1.24 bits per heavy atom. The van der Waals surface area contributed by atoms with E-state index in [1.54, 1.807) is 6.07 Å². The SMILES string of the molecule is Cc1cc(C)c(C(C)Nc2ccc(F)c(C#N)c2)c(C)n1. The minimum Gasteiger partial charge on any atom is -0.378 e. The fraction of sp³-hybridized carbons (Fsp3) is 0.294. The molecule has 0 fully saturated rings. The standard InChI is InChI=1S/C17H18FN3/c1-10-7-11(2)20-12(3)17(10)13(4)21-15-5-6-16(18)14(8-15)9-19/h5-8,13,21H,1-4H3. The highest BCUT2D eigenvalue weighted by Gasteiger charge is 2.13. The Bertz CT molecular complexity index is 693. The van der Waals surface area contributed by atoms with Gasteiger partial charge in [-0.05, 0) is 63.1 Å². The van der Waals surface area contributed by atoms with Crippen LogP contribution in [0.1, 0.15) is 41.0 Å². The maximum Gasteiger partial charge on any atom is 0.141 e. The van der Waals surface area contributed by atoms with E-state index in [-0.39, 0.29) is 11.6 Å². The molecular formula is C17H18FN3. The molecule has 1 aromatic heterocycles. The van der Waals surface area contributed by atoms with Crippen molar-refractivity contribution in [1.29, 1.82) is 5.26 Å². The molecule has 0 amide bonds. The van der Waals surface area contributed by atoms with E-state index in [0.29, 0.717) is 0 Å². The lowest BCUT2D eigenvalue weighted by Gasteiger charge is -2.20. The van der Waals surface area contributed by atoms with Gasteiger partial charge in [0.05, 0.1) is 11.6 Å². The van der Waals surface area contributed by atoms with Crippen LogP contribution in [-0.4, -0.2) is 4.98 Å². The lowest BCUT2D eigenvalue weighted by Crippen LogP contribution is -2.11. The predicted octanol–water partition coefficient (Wildman–Crippen LogP) is 4.19. The molecule has 1 N–H and O–H groups in total. The number of hydrogen-bond donors (Lipinski definition) is 1. The van der Waals surface area contributed by atoms with Crippen LogP contribution >= 0.6 is 0 Å². The third-order valence-electron chi connectivity index (χ3n) is 3.49. The molecule has 1 unspecified atom stereocenters. The van der Waals surface area contributed by atoms with Gasteiger partial charge in [-0.15, -0.1) is 0 Å². The zero-order valence-electron chi connectivity index (χ0n) is 12.7. The second-order valence-electron chi connectivity index (χ2n) is 5.25. The van der Waals surface area contributed by atoms with Crippen molar-refractivity contribution in [2.75, 3.05) is 5.32 Å². The summed E-state index contributed by atoms with van der Waals surface area (Å²) in [7, 11) is 0. The van der Waals surface area contributed by atoms with Crippen molar-refractivity contribution < 1.29 is 4.39 Å². The quantitative estimate of drug-likeness (QED) is 0.918. The van der Waals surface area contributed by atoms with E-state index in [4.69, 9.17) is 5.26 Å². The maximum atomic E-state index is 13.3. The molecule has 0 saturated heterocycles. The second kappa shape index (κ2) is 5.92. The molecule has 0 aliphatic heterocycles. The van der Waals surface area contributed by atoms with Crippen molar-refractivity contribution in [3.05, 3.63) is 58.2 Å². The molecule has 2 rings (SSSR count). The third kappa shape index (κ3) is 3.19. The van der Waals surface area contributed by atoms with Crippen LogP contribution in [0, 0.1) is 37.9 Å². The van der Waals surface area contributed by atoms with Crippen molar-refractivity contribution in [3.63, 3.8) is 0 Å². The predicted molar refractivity (Wildman–Crippen MR) is 81.6 cm³/mol. The summed E-state index contributed by atoms with van der Waals surface area (Å²) in [6.07, 6.45) is 0. The zero-order chi connectivity index (χ0) is 15.6. The largest absolute Gasteiger partial charge is 0.378 e. The molecule has 0 radical (unpaired) electrons. The first kappa shape index (κ1) is 15.0. The minimum absolute atomic E-state index is 0.0232. The normalized spacial score (nSPS) is 11.8. The van der Waals surface area contributed by atoms with Crippen molar-refractivity contribution in [2.24, 2.45) is 0 Å². The highest BCUT2D eigenvalue weighted by Crippen LogP contribution is 2.25. The molecule has 0 aliphatic rings. The van der Waals surface area contributed by atoms with Gasteiger partial charge in [0, 0.05) is 17.1 Å². The molecule has 1 heterocycles. The van der Waals surface area contributed by atoms with Crippen molar-refractivity contribution in [1.82, 2.24) is 4.98 Å². The van der Waals surface area contributed by atoms with Crippen LogP contribution in [0.15, 0.2) is 24.3 Å². The molecule has 4 heteroatoms. The molecule has 108 valence electrons. The van der Waals surface area contributed by atoms with Crippen molar-refractivity contribution in [3.8, 4) is 6.07 Å². The minimum atomic E-state index is -0.500. The Hall–Kier alpha value is -2.41. The zero-order valence-corrected chi connectivity index (χ0v) is 12.7. The van der Waals surface area contributed by atoms with E-state index in [2.05, 4.69) is 17.2 Å². The first-order valence-electron chi connectivity index (χ1n) is 6.83. The number of aryl methyl sites for hydroxylation is 3. The first-order valence-corrected chi connectivity index (χ1v) is 6.83. The monoisotopic (exact) mass is 283 g/mol. The highest BCUT2D eigenvalue weighted by molar-refractivity contribution is 5.52. The summed E-state index contributed by atoms with van der Waals surface area (Å²) in [4.78, 5) is 4.49. The molecule has 0 aliphatic carbocycles. The number of anilines is 1. The van der Waals surface area contributed by atoms with E-state index >= 15 is 0 Å². The summed E-state index contributed by atoms with van der Waals surface area (Å²) in [6, 6.07) is 8.39. The van der Waals surface area contributed by atoms with Gasteiger partial charge in [-0.1, -0.05) is 0 Å². The van der Waals surface area contributed by atoms with Crippen LogP contribution in [0.4, 0.5) is 10.1 Å². The average molecular weight is 283 g/mol. The lowest BCUT2D eigenvalue weighted by atomic mass is 10.00. The van der Waals surface area contributed by atoms with Gasteiger partial charge in [0.25, 0.3) is 0 Å². The molecule has 1 atom stereocenters. The van der Waals surface area contributed by atoms with E-state index in [1.165, 1.54) is 17.7 Å². The highest BCUT2D eigenvalue weighted by atomic mass is 19.1. The second-order valence-corrected chi connectivity index (χ2v) is 5.25. The Labute approximate surface area is 124 Å². The molecule has 0 bridgehead atoms. The van der Waals surface area contributed by atoms with Crippen LogP contribution in [-0.2, 0) is 0 Å². The fourth-order valence-corrected chi connectivity index (χ4v) is 2.71. The van der Waals surface area contributed by atoms with Gasteiger partial charge >= 0.3 is 0 Å². The van der Waals surface area contributed by atoms with E-state index in [1.807, 2.05) is 32.9 Å². The number of nitrogens with zero attached hydrogens (tertiary/aromatic N) is 2. The van der Waals surface area contributed by atoms with Gasteiger partial charge in [-0.25, -0.2) is 4.39 Å². The summed E-state index contributed by atoms with van der Waals surface area (Å²) in [5.74, 6) is -0.500. The number of nitrogens with one attached hydrogen (secondary N) is 1. The number of benzene rings is 1. The van der Waals surface area contributed by atoms with Gasteiger partial charge in [0.2, 0.25) is 0 Å². The van der Waals surface area contributed by atoms with Gasteiger partial charge in [-0.2, -0.15) is 5.26 Å². The number of pyridine rings is 1. The Morgan fingerprint density at radius 2 is 1.95 bits per heavy atom. The van der Waals surface area contributed by atoms with Gasteiger partial charge in [0.15, 0.2) is 0 Å². The van der Waals surface area contributed by atoms with Crippen molar-refractivity contribution >= 4 is 5.69 Å². The van der Waals surface area contributed by atoms with E-state index in [0.717, 1.165) is 22.6 Å². The molecule has 0 spiro atoms. The Morgan fingerprint density at radius 3 is 2.57 bits per heavy atom. The number of halogens is 1. The summed E-state index contributed by atoms with van der Waals surface area (Å²) in [6.45, 7) is 8.04. The van der Waals surface area contributed by atoms with Crippen LogP contribution in [0.3, 0.4) is 0 Å². The summed E-state index contributed by atoms with van der Waals surface area (Å²) < 4.78 is 13.3. The van der Waals surface area contributed by atoms with Crippen LogP contribution < -0.4 is 5.32 Å². The fourth-order valence-electron chi connectivity index (χ4n) is 2.71. The maximum absolute atomic E-state index is 13.3. The number of aromatic nitrogens is 1. The third-order valence-corrected chi connectivity index (χ3v) is 3.49. The van der Waals surface area contributed by atoms with Gasteiger partial charge in [-0.3, -0.25) is 4.98 Å². The van der Waals surface area contributed by atoms with Crippen LogP contribution in [0.5, 0.6) is 0 Å². The molecule has 2 aromatic rings. The van der Waals surface area contributed by atoms with Gasteiger partial charge in [0.1, 0.15) is 11.9 Å². The Kier molecular flexibility index (Phi) is 4.23. The summed E-state index contributed by atoms with van der Waals surface area (Å²) >= 11 is 0. The molecule has 21 heavy (non-hydrogen) atoms. The smallest absolute Gasteiger partial charge is 0.141 e. The first-order chi connectivity index (χ1) is 9.92. The molecule has 1 aromatic carbocycles. The van der Waals surface area contributed by atoms with Gasteiger partial charge < -0.3 is 5.32 Å². The molecule has 3 nitrogen and oxygen atoms in total. The number of rotatable bonds is 3. The molecular weight excluding hydrogens is 265 g/mol. The topological polar surface area (TPSA) is 48.7 Å². The molecule has 0 saturated carbocycles. The van der Waals surface area contributed by atoms with E-state index < -0.39 is 5.82 Å². The summed E-state index contributed by atoms with van der Waals surface area (Å²) in [5, 5.41) is 12.2. The number of nitriles is 1. The number of hydrogen-bond acceptors (Lipinski definition) is 3. The van der Waals surface area contributed by atoms with Crippen molar-refractivity contribution in [2.45, 2.75) is 33.7 Å².